The number of aryl methyl sites for hydroxylation is 1. The van der Waals surface area contributed by atoms with Crippen LogP contribution in [-0.4, -0.2) is 63.0 Å². The molecule has 1 aromatic rings. The second-order valence-corrected chi connectivity index (χ2v) is 9.40. The summed E-state index contributed by atoms with van der Waals surface area (Å²) in [6.07, 6.45) is 1.57. The zero-order valence-electron chi connectivity index (χ0n) is 16.1. The number of sulfone groups is 1. The Morgan fingerprint density at radius 2 is 2.00 bits per heavy atom. The van der Waals surface area contributed by atoms with Gasteiger partial charge in [-0.05, 0) is 37.0 Å². The van der Waals surface area contributed by atoms with Crippen LogP contribution in [0, 0.1) is 0 Å². The number of rotatable bonds is 11. The van der Waals surface area contributed by atoms with Gasteiger partial charge in [0.15, 0.2) is 9.84 Å². The summed E-state index contributed by atoms with van der Waals surface area (Å²) in [4.78, 5) is 0. The molecule has 2 atom stereocenters. The smallest absolute Gasteiger partial charge is 0.153 e. The Balaban J connectivity index is 0.00000364. The van der Waals surface area contributed by atoms with Crippen LogP contribution in [0.2, 0.25) is 0 Å². The predicted octanol–water partition coefficient (Wildman–Crippen LogP) is 1.98. The molecule has 1 aliphatic rings. The normalized spacial score (nSPS) is 18.3. The lowest BCUT2D eigenvalue weighted by atomic mass is 10.2. The van der Waals surface area contributed by atoms with E-state index >= 15 is 0 Å². The van der Waals surface area contributed by atoms with E-state index in [1.54, 1.807) is 0 Å². The number of benzene rings is 1. The van der Waals surface area contributed by atoms with Gasteiger partial charge in [0.05, 0.1) is 17.6 Å². The van der Waals surface area contributed by atoms with Crippen LogP contribution in [0.3, 0.4) is 0 Å². The van der Waals surface area contributed by atoms with Crippen molar-refractivity contribution in [2.45, 2.75) is 51.4 Å². The standard InChI is InChI=1S/C19H31NO5S.ClH/c1-15(2)20-12-17(21)13-25-18-7-5-16(6-8-18)9-11-26(22,23)14-19-4-3-10-24-19;/h5-8,15,17,19-21H,3-4,9-14H2,1-2H3;1H. The number of ether oxygens (including phenoxy) is 2. The lowest BCUT2D eigenvalue weighted by molar-refractivity contribution is 0.104. The Morgan fingerprint density at radius 1 is 1.30 bits per heavy atom. The predicted molar refractivity (Wildman–Crippen MR) is 110 cm³/mol. The number of hydrogen-bond acceptors (Lipinski definition) is 6. The average Bonchev–Trinajstić information content (AvgIpc) is 3.09. The topological polar surface area (TPSA) is 84.9 Å². The second kappa shape index (κ2) is 11.9. The van der Waals surface area contributed by atoms with E-state index in [2.05, 4.69) is 5.32 Å². The van der Waals surface area contributed by atoms with E-state index in [-0.39, 0.29) is 36.6 Å². The Hall–Kier alpha value is -0.860. The van der Waals surface area contributed by atoms with Crippen molar-refractivity contribution < 1.29 is 23.0 Å². The lowest BCUT2D eigenvalue weighted by Gasteiger charge is -2.15. The van der Waals surface area contributed by atoms with E-state index in [0.29, 0.717) is 31.4 Å². The summed E-state index contributed by atoms with van der Waals surface area (Å²) in [7, 11) is -3.10. The molecular formula is C19H32ClNO5S. The van der Waals surface area contributed by atoms with Crippen molar-refractivity contribution in [2.24, 2.45) is 0 Å². The molecule has 0 aliphatic carbocycles. The highest BCUT2D eigenvalue weighted by Gasteiger charge is 2.23. The minimum absolute atomic E-state index is 0. The van der Waals surface area contributed by atoms with E-state index in [4.69, 9.17) is 9.47 Å². The van der Waals surface area contributed by atoms with Crippen molar-refractivity contribution in [1.82, 2.24) is 5.32 Å². The maximum absolute atomic E-state index is 12.2. The summed E-state index contributed by atoms with van der Waals surface area (Å²) < 4.78 is 35.3. The summed E-state index contributed by atoms with van der Waals surface area (Å²) in [5, 5.41) is 13.0. The summed E-state index contributed by atoms with van der Waals surface area (Å²) in [5.74, 6) is 0.919. The molecule has 0 aromatic heterocycles. The molecule has 1 heterocycles. The summed E-state index contributed by atoms with van der Waals surface area (Å²) in [5.41, 5.74) is 0.954. The van der Waals surface area contributed by atoms with Gasteiger partial charge in [-0.15, -0.1) is 12.4 Å². The lowest BCUT2D eigenvalue weighted by Crippen LogP contribution is -2.35. The van der Waals surface area contributed by atoms with Gasteiger partial charge >= 0.3 is 0 Å². The molecule has 1 fully saturated rings. The quantitative estimate of drug-likeness (QED) is 0.568. The molecule has 6 nitrogen and oxygen atoms in total. The van der Waals surface area contributed by atoms with Crippen LogP contribution in [0.4, 0.5) is 0 Å². The molecule has 1 aliphatic heterocycles. The largest absolute Gasteiger partial charge is 0.491 e. The summed E-state index contributed by atoms with van der Waals surface area (Å²) >= 11 is 0. The summed E-state index contributed by atoms with van der Waals surface area (Å²) in [6.45, 7) is 5.41. The van der Waals surface area contributed by atoms with E-state index in [0.717, 1.165) is 18.4 Å². The Kier molecular flexibility index (Phi) is 10.6. The first kappa shape index (κ1) is 24.2. The molecule has 2 unspecified atom stereocenters. The molecule has 8 heteroatoms. The van der Waals surface area contributed by atoms with Crippen LogP contribution in [0.1, 0.15) is 32.3 Å². The molecule has 0 spiro atoms. The van der Waals surface area contributed by atoms with Gasteiger partial charge in [0, 0.05) is 19.2 Å². The number of halogens is 1. The molecule has 1 saturated heterocycles. The second-order valence-electron chi connectivity index (χ2n) is 7.17. The highest BCUT2D eigenvalue weighted by Crippen LogP contribution is 2.16. The van der Waals surface area contributed by atoms with Gasteiger partial charge in [0.2, 0.25) is 0 Å². The molecular weight excluding hydrogens is 390 g/mol. The highest BCUT2D eigenvalue weighted by molar-refractivity contribution is 7.91. The van der Waals surface area contributed by atoms with Crippen LogP contribution < -0.4 is 10.1 Å². The average molecular weight is 422 g/mol. The van der Waals surface area contributed by atoms with Gasteiger partial charge in [-0.1, -0.05) is 26.0 Å². The third kappa shape index (κ3) is 9.76. The van der Waals surface area contributed by atoms with E-state index in [1.807, 2.05) is 38.1 Å². The van der Waals surface area contributed by atoms with Crippen molar-refractivity contribution in [2.75, 3.05) is 31.3 Å². The van der Waals surface area contributed by atoms with Gasteiger partial charge in [-0.25, -0.2) is 8.42 Å². The Morgan fingerprint density at radius 3 is 2.59 bits per heavy atom. The molecule has 27 heavy (non-hydrogen) atoms. The monoisotopic (exact) mass is 421 g/mol. The van der Waals surface area contributed by atoms with E-state index < -0.39 is 15.9 Å². The van der Waals surface area contributed by atoms with Crippen LogP contribution >= 0.6 is 12.4 Å². The van der Waals surface area contributed by atoms with Crippen molar-refractivity contribution in [3.8, 4) is 5.75 Å². The fraction of sp³-hybridized carbons (Fsp3) is 0.684. The molecule has 0 amide bonds. The minimum atomic E-state index is -3.10. The number of nitrogens with one attached hydrogen (secondary N) is 1. The number of aliphatic hydroxyl groups excluding tert-OH is 1. The summed E-state index contributed by atoms with van der Waals surface area (Å²) in [6, 6.07) is 7.68. The van der Waals surface area contributed by atoms with Crippen molar-refractivity contribution in [3.05, 3.63) is 29.8 Å². The molecule has 2 rings (SSSR count). The molecule has 156 valence electrons. The molecule has 2 N–H and O–H groups in total. The Labute approximate surface area is 169 Å². The molecule has 0 saturated carbocycles. The molecule has 0 bridgehead atoms. The van der Waals surface area contributed by atoms with Crippen molar-refractivity contribution >= 4 is 22.2 Å². The zero-order chi connectivity index (χ0) is 19.0. The molecule has 1 aromatic carbocycles. The van der Waals surface area contributed by atoms with Gasteiger partial charge < -0.3 is 19.9 Å². The molecule has 0 radical (unpaired) electrons. The third-order valence-corrected chi connectivity index (χ3v) is 6.00. The van der Waals surface area contributed by atoms with Gasteiger partial charge in [-0.2, -0.15) is 0 Å². The fourth-order valence-corrected chi connectivity index (χ4v) is 4.33. The van der Waals surface area contributed by atoms with Crippen LogP contribution in [0.25, 0.3) is 0 Å². The highest BCUT2D eigenvalue weighted by atomic mass is 35.5. The number of aliphatic hydroxyl groups is 1. The van der Waals surface area contributed by atoms with Crippen LogP contribution in [0.5, 0.6) is 5.75 Å². The third-order valence-electron chi connectivity index (χ3n) is 4.29. The van der Waals surface area contributed by atoms with Crippen LogP contribution in [0.15, 0.2) is 24.3 Å². The van der Waals surface area contributed by atoms with Crippen molar-refractivity contribution in [3.63, 3.8) is 0 Å². The number of hydrogen-bond donors (Lipinski definition) is 2. The first-order valence-electron chi connectivity index (χ1n) is 9.29. The minimum Gasteiger partial charge on any atom is -0.491 e. The van der Waals surface area contributed by atoms with E-state index in [9.17, 15) is 13.5 Å². The van der Waals surface area contributed by atoms with Crippen molar-refractivity contribution in [1.29, 1.82) is 0 Å². The van der Waals surface area contributed by atoms with Gasteiger partial charge in [0.1, 0.15) is 18.5 Å². The van der Waals surface area contributed by atoms with Crippen LogP contribution in [-0.2, 0) is 21.0 Å². The van der Waals surface area contributed by atoms with E-state index in [1.165, 1.54) is 0 Å². The fourth-order valence-electron chi connectivity index (χ4n) is 2.79. The van der Waals surface area contributed by atoms with Gasteiger partial charge in [0.25, 0.3) is 0 Å². The Bertz CT molecular complexity index is 630. The zero-order valence-corrected chi connectivity index (χ0v) is 17.7. The maximum Gasteiger partial charge on any atom is 0.153 e. The first-order chi connectivity index (χ1) is 12.3. The van der Waals surface area contributed by atoms with Gasteiger partial charge in [-0.3, -0.25) is 0 Å². The SMILES string of the molecule is CC(C)NCC(O)COc1ccc(CCS(=O)(=O)CC2CCCO2)cc1.Cl. The first-order valence-corrected chi connectivity index (χ1v) is 11.1. The maximum atomic E-state index is 12.2.